The quantitative estimate of drug-likeness (QED) is 0.129. The molecule has 1 nitrogen and oxygen atoms in total. The van der Waals surface area contributed by atoms with Gasteiger partial charge in [0.25, 0.3) is 0 Å². The van der Waals surface area contributed by atoms with Crippen LogP contribution in [0.1, 0.15) is 115 Å². The number of unbranched alkanes of at least 4 members (excludes halogenated alkanes) is 6. The Morgan fingerprint density at radius 2 is 1.27 bits per heavy atom. The standard InChI is InChI=1S/C41H51F3O/c1-3-5-6-7-8-9-10-27-45-39-26-25-37(40(43)41(39)44)34-21-17-32(18-22-34)35-23-24-36(38(42)28-35)33-19-15-31(16-20-33)30-13-11-29(4-2)12-14-30/h4,17-18,21-26,28-31,33H,2-3,5-16,19-20,27H2,1H3. The Kier molecular flexibility index (Phi) is 12.2. The number of allylic oxidation sites excluding steroid dienone is 1. The molecule has 0 N–H and O–H groups in total. The minimum Gasteiger partial charge on any atom is -0.490 e. The Bertz CT molecular complexity index is 1360. The Morgan fingerprint density at radius 3 is 1.91 bits per heavy atom. The summed E-state index contributed by atoms with van der Waals surface area (Å²) in [5.41, 5.74) is 3.22. The van der Waals surface area contributed by atoms with E-state index in [0.717, 1.165) is 60.6 Å². The first-order chi connectivity index (χ1) is 22.0. The molecule has 3 aromatic rings. The van der Waals surface area contributed by atoms with E-state index in [2.05, 4.69) is 19.6 Å². The van der Waals surface area contributed by atoms with Gasteiger partial charge in [0.05, 0.1) is 6.61 Å². The molecule has 4 heteroatoms. The van der Waals surface area contributed by atoms with Gasteiger partial charge in [0.2, 0.25) is 5.82 Å². The number of ether oxygens (including phenoxy) is 1. The van der Waals surface area contributed by atoms with Crippen LogP contribution in [0.4, 0.5) is 13.2 Å². The molecular formula is C41H51F3O. The van der Waals surface area contributed by atoms with Gasteiger partial charge in [0.1, 0.15) is 5.82 Å². The maximum absolute atomic E-state index is 15.4. The van der Waals surface area contributed by atoms with E-state index in [1.165, 1.54) is 70.3 Å². The summed E-state index contributed by atoms with van der Waals surface area (Å²) in [4.78, 5) is 0. The summed E-state index contributed by atoms with van der Waals surface area (Å²) in [5, 5.41) is 0. The molecule has 0 heterocycles. The molecule has 0 aliphatic heterocycles. The molecule has 0 saturated heterocycles. The summed E-state index contributed by atoms with van der Waals surface area (Å²) in [6.07, 6.45) is 19.8. The third-order valence-electron chi connectivity index (χ3n) is 10.6. The molecule has 2 aliphatic carbocycles. The minimum absolute atomic E-state index is 0.0430. The van der Waals surface area contributed by atoms with Crippen LogP contribution in [0.3, 0.4) is 0 Å². The van der Waals surface area contributed by atoms with Crippen LogP contribution in [0.25, 0.3) is 22.3 Å². The molecular weight excluding hydrogens is 565 g/mol. The predicted molar refractivity (Wildman–Crippen MR) is 181 cm³/mol. The van der Waals surface area contributed by atoms with Crippen LogP contribution in [-0.4, -0.2) is 6.61 Å². The average Bonchev–Trinajstić information content (AvgIpc) is 3.08. The Hall–Kier alpha value is -3.01. The number of benzene rings is 3. The van der Waals surface area contributed by atoms with Crippen molar-refractivity contribution in [3.63, 3.8) is 0 Å². The lowest BCUT2D eigenvalue weighted by atomic mass is 9.68. The van der Waals surface area contributed by atoms with E-state index in [4.69, 9.17) is 4.74 Å². The van der Waals surface area contributed by atoms with Gasteiger partial charge < -0.3 is 4.74 Å². The van der Waals surface area contributed by atoms with E-state index in [-0.39, 0.29) is 23.0 Å². The lowest BCUT2D eigenvalue weighted by Gasteiger charge is -2.37. The van der Waals surface area contributed by atoms with E-state index < -0.39 is 11.6 Å². The highest BCUT2D eigenvalue weighted by Gasteiger charge is 2.31. The maximum atomic E-state index is 15.4. The lowest BCUT2D eigenvalue weighted by molar-refractivity contribution is 0.171. The molecule has 0 aromatic heterocycles. The van der Waals surface area contributed by atoms with Crippen LogP contribution in [0, 0.1) is 35.2 Å². The third-order valence-corrected chi connectivity index (χ3v) is 10.6. The zero-order chi connectivity index (χ0) is 31.6. The molecule has 0 amide bonds. The largest absolute Gasteiger partial charge is 0.490 e. The van der Waals surface area contributed by atoms with Gasteiger partial charge in [0.15, 0.2) is 11.6 Å². The Morgan fingerprint density at radius 1 is 0.667 bits per heavy atom. The lowest BCUT2D eigenvalue weighted by Crippen LogP contribution is -2.25. The van der Waals surface area contributed by atoms with Crippen LogP contribution >= 0.6 is 0 Å². The molecule has 2 fully saturated rings. The Balaban J connectivity index is 1.14. The molecule has 242 valence electrons. The van der Waals surface area contributed by atoms with E-state index in [0.29, 0.717) is 18.1 Å². The van der Waals surface area contributed by atoms with E-state index in [9.17, 15) is 4.39 Å². The van der Waals surface area contributed by atoms with Crippen molar-refractivity contribution in [1.29, 1.82) is 0 Å². The fourth-order valence-corrected chi connectivity index (χ4v) is 7.74. The molecule has 0 unspecified atom stereocenters. The van der Waals surface area contributed by atoms with Crippen LogP contribution in [0.2, 0.25) is 0 Å². The van der Waals surface area contributed by atoms with Gasteiger partial charge in [-0.1, -0.05) is 87.9 Å². The average molecular weight is 617 g/mol. The molecule has 0 spiro atoms. The zero-order valence-electron chi connectivity index (χ0n) is 27.1. The number of hydrogen-bond acceptors (Lipinski definition) is 1. The molecule has 5 rings (SSSR count). The van der Waals surface area contributed by atoms with Crippen molar-refractivity contribution in [1.82, 2.24) is 0 Å². The fraction of sp³-hybridized carbons (Fsp3) is 0.512. The number of halogens is 3. The van der Waals surface area contributed by atoms with Crippen LogP contribution in [-0.2, 0) is 0 Å². The van der Waals surface area contributed by atoms with Crippen LogP contribution in [0.5, 0.6) is 5.75 Å². The summed E-state index contributed by atoms with van der Waals surface area (Å²) in [6.45, 7) is 6.56. The first-order valence-corrected chi connectivity index (χ1v) is 17.6. The van der Waals surface area contributed by atoms with E-state index in [1.54, 1.807) is 24.3 Å². The first kappa shape index (κ1) is 33.4. The fourth-order valence-electron chi connectivity index (χ4n) is 7.74. The number of rotatable bonds is 14. The van der Waals surface area contributed by atoms with Gasteiger partial charge in [-0.25, -0.2) is 8.78 Å². The molecule has 3 aromatic carbocycles. The topological polar surface area (TPSA) is 9.23 Å². The predicted octanol–water partition coefficient (Wildman–Crippen LogP) is 12.8. The van der Waals surface area contributed by atoms with Gasteiger partial charge in [-0.2, -0.15) is 4.39 Å². The highest BCUT2D eigenvalue weighted by molar-refractivity contribution is 5.71. The second kappa shape index (κ2) is 16.5. The highest BCUT2D eigenvalue weighted by atomic mass is 19.2. The summed E-state index contributed by atoms with van der Waals surface area (Å²) < 4.78 is 50.9. The van der Waals surface area contributed by atoms with Crippen molar-refractivity contribution in [2.45, 2.75) is 109 Å². The summed E-state index contributed by atoms with van der Waals surface area (Å²) in [7, 11) is 0. The summed E-state index contributed by atoms with van der Waals surface area (Å²) in [5.74, 6) is 0.535. The van der Waals surface area contributed by atoms with Crippen molar-refractivity contribution in [3.8, 4) is 28.0 Å². The van der Waals surface area contributed by atoms with Crippen molar-refractivity contribution in [2.24, 2.45) is 17.8 Å². The second-order valence-corrected chi connectivity index (χ2v) is 13.5. The SMILES string of the molecule is C=CC1CCC(C2CCC(c3ccc(-c4ccc(-c5ccc(OCCCCCCCCC)c(F)c5F)cc4)cc3F)CC2)CC1. The summed E-state index contributed by atoms with van der Waals surface area (Å²) >= 11 is 0. The maximum Gasteiger partial charge on any atom is 0.201 e. The number of hydrogen-bond donors (Lipinski definition) is 0. The monoisotopic (exact) mass is 616 g/mol. The van der Waals surface area contributed by atoms with Crippen LogP contribution < -0.4 is 4.74 Å². The molecule has 2 saturated carbocycles. The normalized spacial score (nSPS) is 21.9. The van der Waals surface area contributed by atoms with Gasteiger partial charge in [-0.15, -0.1) is 6.58 Å². The van der Waals surface area contributed by atoms with Gasteiger partial charge >= 0.3 is 0 Å². The van der Waals surface area contributed by atoms with Crippen molar-refractivity contribution in [2.75, 3.05) is 6.61 Å². The molecule has 0 bridgehead atoms. The van der Waals surface area contributed by atoms with Crippen LogP contribution in [0.15, 0.2) is 67.3 Å². The Labute approximate surface area is 269 Å². The summed E-state index contributed by atoms with van der Waals surface area (Å²) in [6, 6.07) is 15.9. The first-order valence-electron chi connectivity index (χ1n) is 17.6. The highest BCUT2D eigenvalue weighted by Crippen LogP contribution is 2.45. The van der Waals surface area contributed by atoms with Gasteiger partial charge in [0, 0.05) is 5.56 Å². The van der Waals surface area contributed by atoms with Gasteiger partial charge in [-0.05, 0) is 122 Å². The van der Waals surface area contributed by atoms with E-state index >= 15 is 8.78 Å². The molecule has 45 heavy (non-hydrogen) atoms. The molecule has 2 aliphatic rings. The third kappa shape index (κ3) is 8.63. The van der Waals surface area contributed by atoms with Crippen molar-refractivity contribution >= 4 is 0 Å². The second-order valence-electron chi connectivity index (χ2n) is 13.5. The zero-order valence-corrected chi connectivity index (χ0v) is 27.1. The van der Waals surface area contributed by atoms with Gasteiger partial charge in [-0.3, -0.25) is 0 Å². The van der Waals surface area contributed by atoms with E-state index in [1.807, 2.05) is 24.3 Å². The van der Waals surface area contributed by atoms with Crippen molar-refractivity contribution in [3.05, 3.63) is 90.3 Å². The molecule has 0 radical (unpaired) electrons. The minimum atomic E-state index is -0.953. The smallest absolute Gasteiger partial charge is 0.201 e. The van der Waals surface area contributed by atoms with Crippen molar-refractivity contribution < 1.29 is 17.9 Å². The molecule has 0 atom stereocenters.